The van der Waals surface area contributed by atoms with Gasteiger partial charge in [-0.3, -0.25) is 4.90 Å². The lowest BCUT2D eigenvalue weighted by Crippen LogP contribution is -2.38. The third kappa shape index (κ3) is 4.02. The highest BCUT2D eigenvalue weighted by atomic mass is 35.5. The van der Waals surface area contributed by atoms with E-state index in [1.54, 1.807) is 0 Å². The van der Waals surface area contributed by atoms with Crippen molar-refractivity contribution in [3.05, 3.63) is 65.4 Å². The fourth-order valence-corrected chi connectivity index (χ4v) is 3.68. The molecule has 2 heterocycles. The zero-order chi connectivity index (χ0) is 19.3. The Labute approximate surface area is 168 Å². The van der Waals surface area contributed by atoms with Crippen LogP contribution in [0.4, 0.5) is 0 Å². The van der Waals surface area contributed by atoms with E-state index in [4.69, 9.17) is 21.1 Å². The molecule has 28 heavy (non-hydrogen) atoms. The SMILES string of the molecule is O=C(OCCN1CCOCC1)c1nc(Cl)c2ccccc2c1-c1ccccc1. The van der Waals surface area contributed by atoms with E-state index in [0.717, 1.165) is 35.0 Å². The fourth-order valence-electron chi connectivity index (χ4n) is 3.43. The monoisotopic (exact) mass is 396 g/mol. The van der Waals surface area contributed by atoms with Crippen LogP contribution >= 0.6 is 11.6 Å². The van der Waals surface area contributed by atoms with E-state index in [0.29, 0.717) is 31.5 Å². The molecule has 0 bridgehead atoms. The molecule has 5 nitrogen and oxygen atoms in total. The number of nitrogens with zero attached hydrogens (tertiary/aromatic N) is 2. The molecule has 1 aliphatic heterocycles. The van der Waals surface area contributed by atoms with E-state index in [1.807, 2.05) is 54.6 Å². The van der Waals surface area contributed by atoms with E-state index in [1.165, 1.54) is 0 Å². The van der Waals surface area contributed by atoms with Gasteiger partial charge in [-0.05, 0) is 10.9 Å². The number of hydrogen-bond donors (Lipinski definition) is 0. The third-order valence-corrected chi connectivity index (χ3v) is 5.15. The normalized spacial score (nSPS) is 14.9. The van der Waals surface area contributed by atoms with Gasteiger partial charge in [0, 0.05) is 30.6 Å². The van der Waals surface area contributed by atoms with Gasteiger partial charge in [0.2, 0.25) is 0 Å². The molecule has 0 unspecified atom stereocenters. The minimum Gasteiger partial charge on any atom is -0.460 e. The summed E-state index contributed by atoms with van der Waals surface area (Å²) in [7, 11) is 0. The van der Waals surface area contributed by atoms with Crippen LogP contribution in [-0.4, -0.2) is 55.3 Å². The maximum Gasteiger partial charge on any atom is 0.357 e. The first-order valence-electron chi connectivity index (χ1n) is 9.35. The summed E-state index contributed by atoms with van der Waals surface area (Å²) < 4.78 is 10.9. The Bertz CT molecular complexity index is 972. The molecular formula is C22H21ClN2O3. The average Bonchev–Trinajstić information content (AvgIpc) is 2.75. The van der Waals surface area contributed by atoms with E-state index < -0.39 is 5.97 Å². The molecule has 0 amide bonds. The topological polar surface area (TPSA) is 51.7 Å². The summed E-state index contributed by atoms with van der Waals surface area (Å²) >= 11 is 6.38. The van der Waals surface area contributed by atoms with Crippen molar-refractivity contribution in [2.24, 2.45) is 0 Å². The molecule has 1 saturated heterocycles. The first-order valence-corrected chi connectivity index (χ1v) is 9.73. The number of aromatic nitrogens is 1. The molecule has 0 radical (unpaired) electrons. The van der Waals surface area contributed by atoms with Crippen molar-refractivity contribution in [2.45, 2.75) is 0 Å². The van der Waals surface area contributed by atoms with Crippen LogP contribution in [0.1, 0.15) is 10.5 Å². The number of benzene rings is 2. The molecule has 1 aromatic heterocycles. The lowest BCUT2D eigenvalue weighted by atomic mass is 9.97. The Kier molecular flexibility index (Phi) is 5.86. The molecule has 6 heteroatoms. The summed E-state index contributed by atoms with van der Waals surface area (Å²) in [5.74, 6) is -0.459. The van der Waals surface area contributed by atoms with E-state index in [9.17, 15) is 4.79 Å². The number of morpholine rings is 1. The Morgan fingerprint density at radius 1 is 1.04 bits per heavy atom. The number of pyridine rings is 1. The number of fused-ring (bicyclic) bond motifs is 1. The van der Waals surface area contributed by atoms with Crippen LogP contribution in [0, 0.1) is 0 Å². The number of rotatable bonds is 5. The molecule has 0 aliphatic carbocycles. The van der Waals surface area contributed by atoms with Gasteiger partial charge >= 0.3 is 5.97 Å². The lowest BCUT2D eigenvalue weighted by Gasteiger charge is -2.26. The van der Waals surface area contributed by atoms with Crippen LogP contribution in [0.15, 0.2) is 54.6 Å². The number of ether oxygens (including phenoxy) is 2. The number of esters is 1. The number of carbonyl (C=O) groups is 1. The summed E-state index contributed by atoms with van der Waals surface area (Å²) in [5.41, 5.74) is 1.90. The predicted octanol–water partition coefficient (Wildman–Crippen LogP) is 4.04. The third-order valence-electron chi connectivity index (χ3n) is 4.87. The van der Waals surface area contributed by atoms with Gasteiger partial charge in [0.15, 0.2) is 5.69 Å². The highest BCUT2D eigenvalue weighted by Crippen LogP contribution is 2.34. The van der Waals surface area contributed by atoms with Gasteiger partial charge < -0.3 is 9.47 Å². The molecule has 1 fully saturated rings. The van der Waals surface area contributed by atoms with Crippen molar-refractivity contribution in [3.8, 4) is 11.1 Å². The zero-order valence-electron chi connectivity index (χ0n) is 15.4. The number of hydrogen-bond acceptors (Lipinski definition) is 5. The van der Waals surface area contributed by atoms with E-state index >= 15 is 0 Å². The average molecular weight is 397 g/mol. The molecule has 1 aliphatic rings. The lowest BCUT2D eigenvalue weighted by molar-refractivity contribution is 0.0193. The summed E-state index contributed by atoms with van der Waals surface area (Å²) in [6.45, 7) is 4.12. The summed E-state index contributed by atoms with van der Waals surface area (Å²) in [4.78, 5) is 19.5. The molecule has 0 atom stereocenters. The zero-order valence-corrected chi connectivity index (χ0v) is 16.2. The Morgan fingerprint density at radius 2 is 1.71 bits per heavy atom. The highest BCUT2D eigenvalue weighted by Gasteiger charge is 2.21. The Morgan fingerprint density at radius 3 is 2.46 bits per heavy atom. The van der Waals surface area contributed by atoms with Gasteiger partial charge in [-0.15, -0.1) is 0 Å². The summed E-state index contributed by atoms with van der Waals surface area (Å²) in [6, 6.07) is 17.4. The predicted molar refractivity (Wildman–Crippen MR) is 110 cm³/mol. The van der Waals surface area contributed by atoms with Crippen molar-refractivity contribution in [3.63, 3.8) is 0 Å². The van der Waals surface area contributed by atoms with Crippen LogP contribution in [0.3, 0.4) is 0 Å². The van der Waals surface area contributed by atoms with Gasteiger partial charge in [-0.2, -0.15) is 0 Å². The van der Waals surface area contributed by atoms with E-state index in [2.05, 4.69) is 9.88 Å². The molecular weight excluding hydrogens is 376 g/mol. The van der Waals surface area contributed by atoms with Gasteiger partial charge in [0.05, 0.1) is 13.2 Å². The van der Waals surface area contributed by atoms with Gasteiger partial charge in [0.1, 0.15) is 11.8 Å². The second-order valence-electron chi connectivity index (χ2n) is 6.63. The van der Waals surface area contributed by atoms with E-state index in [-0.39, 0.29) is 5.69 Å². The van der Waals surface area contributed by atoms with Crippen molar-refractivity contribution in [2.75, 3.05) is 39.5 Å². The molecule has 0 N–H and O–H groups in total. The molecule has 144 valence electrons. The van der Waals surface area contributed by atoms with Crippen molar-refractivity contribution >= 4 is 28.3 Å². The van der Waals surface area contributed by atoms with Crippen LogP contribution in [0.25, 0.3) is 21.9 Å². The van der Waals surface area contributed by atoms with Crippen LogP contribution in [-0.2, 0) is 9.47 Å². The Balaban J connectivity index is 1.64. The molecule has 4 rings (SSSR count). The largest absolute Gasteiger partial charge is 0.460 e. The van der Waals surface area contributed by atoms with Gasteiger partial charge in [0.25, 0.3) is 0 Å². The van der Waals surface area contributed by atoms with Crippen LogP contribution in [0.2, 0.25) is 5.15 Å². The second-order valence-corrected chi connectivity index (χ2v) is 6.99. The van der Waals surface area contributed by atoms with Crippen molar-refractivity contribution in [1.82, 2.24) is 9.88 Å². The maximum atomic E-state index is 12.9. The minimum atomic E-state index is -0.459. The van der Waals surface area contributed by atoms with Gasteiger partial charge in [-0.25, -0.2) is 9.78 Å². The number of carbonyl (C=O) groups excluding carboxylic acids is 1. The van der Waals surface area contributed by atoms with Crippen LogP contribution < -0.4 is 0 Å². The summed E-state index contributed by atoms with van der Waals surface area (Å²) in [6.07, 6.45) is 0. The molecule has 3 aromatic rings. The standard InChI is InChI=1S/C22H21ClN2O3/c23-21-18-9-5-4-8-17(18)19(16-6-2-1-3-7-16)20(24-21)22(26)28-15-12-25-10-13-27-14-11-25/h1-9H,10-15H2. The highest BCUT2D eigenvalue weighted by molar-refractivity contribution is 6.35. The smallest absolute Gasteiger partial charge is 0.357 e. The quantitative estimate of drug-likeness (QED) is 0.481. The Hall–Kier alpha value is -2.47. The molecule has 0 spiro atoms. The summed E-state index contributed by atoms with van der Waals surface area (Å²) in [5, 5.41) is 2.00. The number of halogens is 1. The minimum absolute atomic E-state index is 0.247. The van der Waals surface area contributed by atoms with Gasteiger partial charge in [-0.1, -0.05) is 66.2 Å². The van der Waals surface area contributed by atoms with Crippen molar-refractivity contribution < 1.29 is 14.3 Å². The second kappa shape index (κ2) is 8.69. The fraction of sp³-hybridized carbons (Fsp3) is 0.273. The molecule has 2 aromatic carbocycles. The van der Waals surface area contributed by atoms with Crippen LogP contribution in [0.5, 0.6) is 0 Å². The maximum absolute atomic E-state index is 12.9. The first kappa shape index (κ1) is 18.9. The van der Waals surface area contributed by atoms with Crippen molar-refractivity contribution in [1.29, 1.82) is 0 Å². The first-order chi connectivity index (χ1) is 13.7. The molecule has 0 saturated carbocycles.